The minimum absolute atomic E-state index is 0.702. The highest BCUT2D eigenvalue weighted by Crippen LogP contribution is 2.13. The number of piperidine rings is 1. The van der Waals surface area contributed by atoms with Gasteiger partial charge in [-0.05, 0) is 63.1 Å². The van der Waals surface area contributed by atoms with Gasteiger partial charge in [-0.25, -0.2) is 0 Å². The van der Waals surface area contributed by atoms with Crippen LogP contribution in [0.15, 0.2) is 24.3 Å². The fourth-order valence-corrected chi connectivity index (χ4v) is 2.70. The van der Waals surface area contributed by atoms with Crippen molar-refractivity contribution in [3.05, 3.63) is 29.8 Å². The Bertz CT molecular complexity index is 373. The van der Waals surface area contributed by atoms with Crippen molar-refractivity contribution in [1.82, 2.24) is 10.2 Å². The van der Waals surface area contributed by atoms with Crippen molar-refractivity contribution in [2.24, 2.45) is 0 Å². The molecule has 0 aromatic heterocycles. The molecule has 0 atom stereocenters. The highest BCUT2D eigenvalue weighted by molar-refractivity contribution is 5.28. The summed E-state index contributed by atoms with van der Waals surface area (Å²) in [6.45, 7) is 6.98. The normalized spacial score (nSPS) is 17.6. The number of hydrogen-bond donors (Lipinski definition) is 1. The van der Waals surface area contributed by atoms with Gasteiger partial charge in [0.15, 0.2) is 0 Å². The number of likely N-dealkylation sites (tertiary alicyclic amines) is 1. The summed E-state index contributed by atoms with van der Waals surface area (Å²) in [5, 5.41) is 3.68. The van der Waals surface area contributed by atoms with E-state index in [1.165, 1.54) is 38.0 Å². The van der Waals surface area contributed by atoms with Crippen LogP contribution in [-0.2, 0) is 6.42 Å². The molecule has 0 saturated carbocycles. The van der Waals surface area contributed by atoms with Crippen LogP contribution in [0, 0.1) is 0 Å². The molecule has 19 heavy (non-hydrogen) atoms. The Morgan fingerprint density at radius 3 is 2.79 bits per heavy atom. The Morgan fingerprint density at radius 2 is 2.11 bits per heavy atom. The smallest absolute Gasteiger partial charge is 0.119 e. The number of nitrogens with one attached hydrogen (secondary N) is 1. The van der Waals surface area contributed by atoms with Crippen LogP contribution in [0.5, 0.6) is 5.75 Å². The van der Waals surface area contributed by atoms with E-state index in [4.69, 9.17) is 4.74 Å². The topological polar surface area (TPSA) is 24.5 Å². The number of rotatable bonds is 6. The van der Waals surface area contributed by atoms with Crippen LogP contribution < -0.4 is 10.1 Å². The summed E-state index contributed by atoms with van der Waals surface area (Å²) in [5.41, 5.74) is 1.35. The molecule has 1 aliphatic heterocycles. The molecule has 0 spiro atoms. The van der Waals surface area contributed by atoms with Crippen LogP contribution in [0.4, 0.5) is 0 Å². The molecular formula is C16H26N2O. The molecule has 1 aromatic rings. The summed E-state index contributed by atoms with van der Waals surface area (Å²) in [6.07, 6.45) is 3.64. The van der Waals surface area contributed by atoms with E-state index in [-0.39, 0.29) is 0 Å². The van der Waals surface area contributed by atoms with Gasteiger partial charge in [0.2, 0.25) is 0 Å². The average Bonchev–Trinajstić information content (AvgIpc) is 2.48. The average molecular weight is 262 g/mol. The summed E-state index contributed by atoms with van der Waals surface area (Å²) in [7, 11) is 1.72. The number of ether oxygens (including phenoxy) is 1. The lowest BCUT2D eigenvalue weighted by Crippen LogP contribution is -2.42. The van der Waals surface area contributed by atoms with Gasteiger partial charge in [0.1, 0.15) is 5.75 Å². The van der Waals surface area contributed by atoms with Gasteiger partial charge in [-0.2, -0.15) is 0 Å². The van der Waals surface area contributed by atoms with Crippen molar-refractivity contribution in [1.29, 1.82) is 0 Å². The first-order valence-corrected chi connectivity index (χ1v) is 7.40. The van der Waals surface area contributed by atoms with Crippen molar-refractivity contribution in [2.75, 3.05) is 33.3 Å². The zero-order valence-electron chi connectivity index (χ0n) is 12.2. The Labute approximate surface area is 116 Å². The Kier molecular flexibility index (Phi) is 5.67. The Balaban J connectivity index is 1.69. The number of methoxy groups -OCH3 is 1. The largest absolute Gasteiger partial charge is 0.497 e. The minimum atomic E-state index is 0.702. The molecule has 1 N–H and O–H groups in total. The van der Waals surface area contributed by atoms with Crippen LogP contribution in [0.25, 0.3) is 0 Å². The third-order valence-electron chi connectivity index (χ3n) is 4.02. The van der Waals surface area contributed by atoms with Crippen molar-refractivity contribution in [2.45, 2.75) is 32.2 Å². The second-order valence-electron chi connectivity index (χ2n) is 5.26. The Morgan fingerprint density at radius 1 is 1.32 bits per heavy atom. The van der Waals surface area contributed by atoms with Crippen LogP contribution in [0.1, 0.15) is 25.3 Å². The van der Waals surface area contributed by atoms with Crippen molar-refractivity contribution < 1.29 is 4.74 Å². The van der Waals surface area contributed by atoms with Crippen LogP contribution in [-0.4, -0.2) is 44.2 Å². The lowest BCUT2D eigenvalue weighted by molar-refractivity contribution is 0.207. The predicted octanol–water partition coefficient (Wildman–Crippen LogP) is 2.31. The number of nitrogens with zero attached hydrogens (tertiary/aromatic N) is 1. The van der Waals surface area contributed by atoms with Gasteiger partial charge in [0.25, 0.3) is 0 Å². The van der Waals surface area contributed by atoms with Gasteiger partial charge in [-0.3, -0.25) is 0 Å². The molecule has 0 amide bonds. The summed E-state index contributed by atoms with van der Waals surface area (Å²) >= 11 is 0. The number of benzene rings is 1. The molecule has 0 bridgehead atoms. The molecule has 106 valence electrons. The molecule has 1 aromatic carbocycles. The molecule has 1 saturated heterocycles. The zero-order chi connectivity index (χ0) is 13.5. The highest BCUT2D eigenvalue weighted by Gasteiger charge is 2.16. The standard InChI is InChI=1S/C16H26N2O/c1-3-18-11-8-15(9-12-18)17-10-7-14-5-4-6-16(13-14)19-2/h4-6,13,15,17H,3,7-12H2,1-2H3. The van der Waals surface area contributed by atoms with E-state index in [0.717, 1.165) is 18.7 Å². The van der Waals surface area contributed by atoms with Crippen LogP contribution in [0.3, 0.4) is 0 Å². The molecule has 3 heteroatoms. The highest BCUT2D eigenvalue weighted by atomic mass is 16.5. The summed E-state index contributed by atoms with van der Waals surface area (Å²) in [6, 6.07) is 9.06. The van der Waals surface area contributed by atoms with Gasteiger partial charge >= 0.3 is 0 Å². The van der Waals surface area contributed by atoms with Gasteiger partial charge in [0.05, 0.1) is 7.11 Å². The van der Waals surface area contributed by atoms with Crippen molar-refractivity contribution >= 4 is 0 Å². The minimum Gasteiger partial charge on any atom is -0.497 e. The second kappa shape index (κ2) is 7.51. The SMILES string of the molecule is CCN1CCC(NCCc2cccc(OC)c2)CC1. The van der Waals surface area contributed by atoms with Crippen LogP contribution >= 0.6 is 0 Å². The lowest BCUT2D eigenvalue weighted by Gasteiger charge is -2.31. The molecule has 1 aliphatic rings. The van der Waals surface area contributed by atoms with Gasteiger partial charge in [-0.1, -0.05) is 19.1 Å². The van der Waals surface area contributed by atoms with E-state index >= 15 is 0 Å². The zero-order valence-corrected chi connectivity index (χ0v) is 12.2. The fraction of sp³-hybridized carbons (Fsp3) is 0.625. The quantitative estimate of drug-likeness (QED) is 0.851. The van der Waals surface area contributed by atoms with Crippen LogP contribution in [0.2, 0.25) is 0 Å². The molecule has 0 unspecified atom stereocenters. The molecule has 1 fully saturated rings. The predicted molar refractivity (Wildman–Crippen MR) is 79.8 cm³/mol. The maximum atomic E-state index is 5.25. The molecule has 0 radical (unpaired) electrons. The molecule has 3 nitrogen and oxygen atoms in total. The first-order chi connectivity index (χ1) is 9.31. The maximum Gasteiger partial charge on any atom is 0.119 e. The molecular weight excluding hydrogens is 236 g/mol. The van der Waals surface area contributed by atoms with E-state index in [1.54, 1.807) is 7.11 Å². The maximum absolute atomic E-state index is 5.25. The van der Waals surface area contributed by atoms with E-state index in [2.05, 4.69) is 35.3 Å². The summed E-state index contributed by atoms with van der Waals surface area (Å²) < 4.78 is 5.25. The second-order valence-corrected chi connectivity index (χ2v) is 5.26. The van der Waals surface area contributed by atoms with E-state index in [1.807, 2.05) is 6.07 Å². The summed E-state index contributed by atoms with van der Waals surface area (Å²) in [4.78, 5) is 2.53. The van der Waals surface area contributed by atoms with Crippen molar-refractivity contribution in [3.8, 4) is 5.75 Å². The fourth-order valence-electron chi connectivity index (χ4n) is 2.70. The third kappa shape index (κ3) is 4.51. The first-order valence-electron chi connectivity index (χ1n) is 7.40. The first kappa shape index (κ1) is 14.4. The third-order valence-corrected chi connectivity index (χ3v) is 4.02. The molecule has 0 aliphatic carbocycles. The lowest BCUT2D eigenvalue weighted by atomic mass is 10.0. The van der Waals surface area contributed by atoms with E-state index in [9.17, 15) is 0 Å². The monoisotopic (exact) mass is 262 g/mol. The van der Waals surface area contributed by atoms with Gasteiger partial charge < -0.3 is 15.0 Å². The Hall–Kier alpha value is -1.06. The van der Waals surface area contributed by atoms with E-state index in [0.29, 0.717) is 6.04 Å². The molecule has 1 heterocycles. The van der Waals surface area contributed by atoms with Crippen molar-refractivity contribution in [3.63, 3.8) is 0 Å². The van der Waals surface area contributed by atoms with E-state index < -0.39 is 0 Å². The summed E-state index contributed by atoms with van der Waals surface area (Å²) in [5.74, 6) is 0.953. The molecule has 2 rings (SSSR count). The van der Waals surface area contributed by atoms with Gasteiger partial charge in [-0.15, -0.1) is 0 Å². The number of hydrogen-bond acceptors (Lipinski definition) is 3. The van der Waals surface area contributed by atoms with Gasteiger partial charge in [0, 0.05) is 6.04 Å².